The molecule has 11 aromatic rings. The van der Waals surface area contributed by atoms with Crippen LogP contribution in [-0.2, 0) is 54.1 Å². The first-order valence-electron chi connectivity index (χ1n) is 42.6. The smallest absolute Gasteiger partial charge is 0.252 e. The zero-order valence-corrected chi connectivity index (χ0v) is 71.8. The quantitative estimate of drug-likeness (QED) is 0.140. The Morgan fingerprint density at radius 2 is 0.560 bits per heavy atom. The summed E-state index contributed by atoms with van der Waals surface area (Å²) in [5.74, 6) is 0. The van der Waals surface area contributed by atoms with Gasteiger partial charge in [0.1, 0.15) is 0 Å². The van der Waals surface area contributed by atoms with E-state index in [9.17, 15) is 5.48 Å². The third kappa shape index (κ3) is 15.1. The molecule has 0 aromatic heterocycles. The van der Waals surface area contributed by atoms with E-state index < -0.39 is 18.2 Å². The fraction of sp³-hybridized carbons (Fsp3) is 0.377. The molecule has 0 saturated heterocycles. The molecule has 11 aromatic carbocycles. The molecular weight excluding hydrogens is 1310 g/mol. The highest BCUT2D eigenvalue weighted by Gasteiger charge is 2.47. The number of nitrogens with zero attached hydrogens (tertiary/aromatic N) is 2. The Hall–Kier alpha value is -8.92. The molecule has 562 valence electrons. The molecular formula is C106H125BN2. The van der Waals surface area contributed by atoms with Crippen LogP contribution in [0.2, 0.25) is 0 Å². The Morgan fingerprint density at radius 1 is 0.239 bits per heavy atom. The molecule has 0 amide bonds. The lowest BCUT2D eigenvalue weighted by Crippen LogP contribution is -2.61. The number of hydrogen-bond acceptors (Lipinski definition) is 2. The second-order valence-electron chi connectivity index (χ2n) is 42.2. The number of hydrogen-bond donors (Lipinski definition) is 0. The molecule has 0 radical (unpaired) electrons. The van der Waals surface area contributed by atoms with Crippen LogP contribution in [0.4, 0.5) is 34.1 Å². The van der Waals surface area contributed by atoms with Crippen molar-refractivity contribution in [1.82, 2.24) is 0 Å². The number of anilines is 6. The van der Waals surface area contributed by atoms with Gasteiger partial charge in [-0.2, -0.15) is 0 Å². The maximum Gasteiger partial charge on any atom is 0.252 e. The van der Waals surface area contributed by atoms with Gasteiger partial charge < -0.3 is 9.80 Å². The maximum absolute atomic E-state index is 9.83. The van der Waals surface area contributed by atoms with E-state index in [1.165, 1.54) is 55.6 Å². The van der Waals surface area contributed by atoms with Crippen molar-refractivity contribution in [3.05, 3.63) is 268 Å². The minimum atomic E-state index is -0.459. The minimum Gasteiger partial charge on any atom is -0.310 e. The molecule has 109 heavy (non-hydrogen) atoms. The molecule has 0 bridgehead atoms. The molecule has 2 aliphatic rings. The van der Waals surface area contributed by atoms with Gasteiger partial charge in [-0.25, -0.2) is 0 Å². The van der Waals surface area contributed by atoms with E-state index in [0.717, 1.165) is 106 Å². The van der Waals surface area contributed by atoms with Crippen LogP contribution in [0.3, 0.4) is 0 Å². The largest absolute Gasteiger partial charge is 0.310 e. The lowest BCUT2D eigenvalue weighted by molar-refractivity contribution is 0.568. The van der Waals surface area contributed by atoms with Gasteiger partial charge in [0.2, 0.25) is 0 Å². The van der Waals surface area contributed by atoms with E-state index in [2.05, 4.69) is 393 Å². The van der Waals surface area contributed by atoms with E-state index in [0.29, 0.717) is 5.56 Å². The molecule has 0 N–H and O–H groups in total. The average molecular weight is 1440 g/mol. The van der Waals surface area contributed by atoms with Gasteiger partial charge in [0, 0.05) is 45.0 Å². The lowest BCUT2D eigenvalue weighted by atomic mass is 9.33. The van der Waals surface area contributed by atoms with Gasteiger partial charge in [0.05, 0.1) is 18.2 Å². The normalized spacial score (nSPS) is 14.6. The summed E-state index contributed by atoms with van der Waals surface area (Å²) in [5.41, 5.74) is 31.0. The standard InChI is InChI=1S/C106H125BN2/c1-97(2,3)73-48-42-67(43-49-73)81-60-78(102(16,17)18)62-83(72-55-76(100(10,11)12)59-77(56-72)101(13,14)15)95(81)108-90-58-71(69-38-34-39-75(54-69)99(7,8)9)47-53-88(90)107-87-52-46-70(66-36-32-31-33-37-66)57-89(87)109(92-65-80(104(22,23)24)64-91(108)94(92)107)96-82(68-44-50-74(51-45-68)98(4,5)6)61-79(103(19,20)21)63-84(96)93-85(105(25,26)27)40-35-41-86(93)106(28,29)30/h31-65H,1-30H3/i31D,32D,33D,36D,37D. The highest BCUT2D eigenvalue weighted by atomic mass is 15.2. The van der Waals surface area contributed by atoms with Crippen molar-refractivity contribution >= 4 is 57.2 Å². The molecule has 0 saturated carbocycles. The van der Waals surface area contributed by atoms with Crippen LogP contribution >= 0.6 is 0 Å². The highest BCUT2D eigenvalue weighted by molar-refractivity contribution is 7.00. The average Bonchev–Trinajstić information content (AvgIpc) is 0.683. The lowest BCUT2D eigenvalue weighted by Gasteiger charge is -2.47. The first kappa shape index (κ1) is 71.7. The van der Waals surface area contributed by atoms with Crippen molar-refractivity contribution in [3.63, 3.8) is 0 Å². The third-order valence-electron chi connectivity index (χ3n) is 23.2. The summed E-state index contributed by atoms with van der Waals surface area (Å²) >= 11 is 0. The monoisotopic (exact) mass is 1440 g/mol. The van der Waals surface area contributed by atoms with E-state index >= 15 is 0 Å². The van der Waals surface area contributed by atoms with E-state index in [1.807, 2.05) is 6.07 Å². The van der Waals surface area contributed by atoms with Gasteiger partial charge >= 0.3 is 0 Å². The van der Waals surface area contributed by atoms with Gasteiger partial charge in [-0.3, -0.25) is 0 Å². The molecule has 2 aliphatic heterocycles. The summed E-state index contributed by atoms with van der Waals surface area (Å²) in [6, 6.07) is 69.6. The van der Waals surface area contributed by atoms with Crippen LogP contribution in [0.1, 0.15) is 270 Å². The van der Waals surface area contributed by atoms with Crippen molar-refractivity contribution in [1.29, 1.82) is 0 Å². The Bertz CT molecular complexity index is 5550. The predicted octanol–water partition coefficient (Wildman–Crippen LogP) is 28.7. The second-order valence-corrected chi connectivity index (χ2v) is 42.2. The summed E-state index contributed by atoms with van der Waals surface area (Å²) in [7, 11) is 0. The predicted molar refractivity (Wildman–Crippen MR) is 480 cm³/mol. The zero-order chi connectivity index (χ0) is 83.7. The Balaban J connectivity index is 1.33. The highest BCUT2D eigenvalue weighted by Crippen LogP contribution is 2.58. The maximum atomic E-state index is 9.83. The van der Waals surface area contributed by atoms with Crippen LogP contribution in [0, 0.1) is 0 Å². The minimum absolute atomic E-state index is 0.103. The summed E-state index contributed by atoms with van der Waals surface area (Å²) in [4.78, 5) is 5.33. The molecule has 13 rings (SSSR count). The Morgan fingerprint density at radius 3 is 0.954 bits per heavy atom. The number of rotatable bonds is 8. The zero-order valence-electron chi connectivity index (χ0n) is 76.8. The number of fused-ring (bicyclic) bond motifs is 4. The van der Waals surface area contributed by atoms with Crippen molar-refractivity contribution in [2.45, 2.75) is 262 Å². The van der Waals surface area contributed by atoms with E-state index in [4.69, 9.17) is 1.37 Å². The van der Waals surface area contributed by atoms with E-state index in [1.54, 1.807) is 0 Å². The summed E-state index contributed by atoms with van der Waals surface area (Å²) in [6.07, 6.45) is 0. The van der Waals surface area contributed by atoms with Crippen molar-refractivity contribution in [2.24, 2.45) is 0 Å². The summed E-state index contributed by atoms with van der Waals surface area (Å²) < 4.78 is 47.2. The first-order valence-corrected chi connectivity index (χ1v) is 40.1. The number of benzene rings is 11. The van der Waals surface area contributed by atoms with Crippen molar-refractivity contribution < 1.29 is 6.85 Å². The molecule has 0 fully saturated rings. The Kier molecular flexibility index (Phi) is 17.7. The Labute approximate surface area is 666 Å². The topological polar surface area (TPSA) is 6.48 Å². The third-order valence-corrected chi connectivity index (χ3v) is 23.2. The van der Waals surface area contributed by atoms with Crippen LogP contribution in [-0.4, -0.2) is 6.71 Å². The van der Waals surface area contributed by atoms with Gasteiger partial charge in [-0.05, 0) is 219 Å². The molecule has 0 aliphatic carbocycles. The summed E-state index contributed by atoms with van der Waals surface area (Å²) in [6.45, 7) is 69.7. The molecule has 0 atom stereocenters. The molecule has 2 nitrogen and oxygen atoms in total. The molecule has 2 heterocycles. The molecule has 0 unspecified atom stereocenters. The van der Waals surface area contributed by atoms with Crippen LogP contribution in [0.5, 0.6) is 0 Å². The van der Waals surface area contributed by atoms with Gasteiger partial charge in [0.25, 0.3) is 6.71 Å². The van der Waals surface area contributed by atoms with Crippen LogP contribution < -0.4 is 26.2 Å². The second kappa shape index (κ2) is 26.9. The van der Waals surface area contributed by atoms with Crippen molar-refractivity contribution in [3.8, 4) is 66.8 Å². The van der Waals surface area contributed by atoms with Gasteiger partial charge in [-0.1, -0.05) is 371 Å². The SMILES string of the molecule is [2H]c1c([2H])c([2H])c(-c2ccc3c(c2)N(c2c(-c4ccc(C(C)(C)C)cc4)cc(C(C)(C)C)cc2-c2c(C(C)(C)C)cccc2C(C)(C)C)c2cc(C(C)(C)C)cc4c2B3c2ccc(-c3cccc(C(C)(C)C)c3)cc2N4c2c(-c3ccc(C(C)(C)C)cc3)cc(C(C)(C)C)cc2-c2cc(C(C)(C)C)cc(C(C)(C)C)c2)c([2H])c1[2H]. The van der Waals surface area contributed by atoms with Gasteiger partial charge in [-0.15, -0.1) is 0 Å². The fourth-order valence-corrected chi connectivity index (χ4v) is 16.3. The fourth-order valence-electron chi connectivity index (χ4n) is 16.3. The first-order chi connectivity index (χ1) is 52.4. The molecule has 0 spiro atoms. The van der Waals surface area contributed by atoms with Crippen LogP contribution in [0.15, 0.2) is 212 Å². The van der Waals surface area contributed by atoms with Crippen LogP contribution in [0.25, 0.3) is 66.8 Å². The summed E-state index contributed by atoms with van der Waals surface area (Å²) in [5, 5.41) is 0. The van der Waals surface area contributed by atoms with Gasteiger partial charge in [0.15, 0.2) is 0 Å². The van der Waals surface area contributed by atoms with Crippen molar-refractivity contribution in [2.75, 3.05) is 9.80 Å². The van der Waals surface area contributed by atoms with E-state index in [-0.39, 0.29) is 78.5 Å². The molecule has 3 heteroatoms.